The maximum absolute atomic E-state index is 10.8. The molecule has 0 aliphatic carbocycles. The molecular weight excluding hydrogens is 168 g/mol. The predicted molar refractivity (Wildman–Crippen MR) is 40.5 cm³/mol. The SMILES string of the molecule is Cl.O=C1NC(=O)C2C=NC=C12. The van der Waals surface area contributed by atoms with Crippen molar-refractivity contribution < 1.29 is 9.59 Å². The van der Waals surface area contributed by atoms with E-state index in [1.807, 2.05) is 0 Å². The van der Waals surface area contributed by atoms with E-state index in [0.29, 0.717) is 5.57 Å². The smallest absolute Gasteiger partial charge is 0.256 e. The number of nitrogens with one attached hydrogen (secondary N) is 1. The summed E-state index contributed by atoms with van der Waals surface area (Å²) in [6, 6.07) is 0. The van der Waals surface area contributed by atoms with Crippen LogP contribution in [-0.4, -0.2) is 18.0 Å². The molecule has 0 aromatic rings. The van der Waals surface area contributed by atoms with Gasteiger partial charge in [0.25, 0.3) is 5.91 Å². The minimum atomic E-state index is -0.410. The second-order valence-corrected chi connectivity index (χ2v) is 2.18. The molecule has 5 heteroatoms. The number of rotatable bonds is 0. The van der Waals surface area contributed by atoms with Crippen LogP contribution >= 0.6 is 12.4 Å². The Morgan fingerprint density at radius 1 is 1.45 bits per heavy atom. The third kappa shape index (κ3) is 0.952. The summed E-state index contributed by atoms with van der Waals surface area (Å²) in [4.78, 5) is 25.3. The highest BCUT2D eigenvalue weighted by molar-refractivity contribution is 6.21. The molecule has 1 N–H and O–H groups in total. The Kier molecular flexibility index (Phi) is 1.78. The van der Waals surface area contributed by atoms with Crippen molar-refractivity contribution in [2.45, 2.75) is 0 Å². The Hall–Kier alpha value is -1.16. The van der Waals surface area contributed by atoms with Crippen molar-refractivity contribution in [2.24, 2.45) is 10.9 Å². The first-order valence-corrected chi connectivity index (χ1v) is 2.87. The van der Waals surface area contributed by atoms with Gasteiger partial charge in [-0.1, -0.05) is 0 Å². The highest BCUT2D eigenvalue weighted by Gasteiger charge is 2.36. The van der Waals surface area contributed by atoms with Gasteiger partial charge in [-0.15, -0.1) is 12.4 Å². The molecule has 1 atom stereocenters. The first-order valence-electron chi connectivity index (χ1n) is 2.87. The van der Waals surface area contributed by atoms with Gasteiger partial charge in [-0.3, -0.25) is 19.9 Å². The topological polar surface area (TPSA) is 58.5 Å². The van der Waals surface area contributed by atoms with Gasteiger partial charge >= 0.3 is 0 Å². The van der Waals surface area contributed by atoms with Crippen LogP contribution in [0.4, 0.5) is 0 Å². The van der Waals surface area contributed by atoms with Crippen LogP contribution < -0.4 is 5.32 Å². The fourth-order valence-electron chi connectivity index (χ4n) is 1.04. The normalized spacial score (nSPS) is 25.8. The van der Waals surface area contributed by atoms with E-state index < -0.39 is 5.92 Å². The maximum atomic E-state index is 10.8. The second kappa shape index (κ2) is 2.47. The maximum Gasteiger partial charge on any atom is 0.256 e. The van der Waals surface area contributed by atoms with Crippen molar-refractivity contribution in [3.05, 3.63) is 11.8 Å². The van der Waals surface area contributed by atoms with Gasteiger partial charge in [0.1, 0.15) is 5.92 Å². The molecule has 2 aliphatic rings. The molecule has 0 saturated carbocycles. The molecular formula is C6H5ClN2O2. The zero-order valence-electron chi connectivity index (χ0n) is 5.40. The Morgan fingerprint density at radius 2 is 2.18 bits per heavy atom. The molecule has 1 saturated heterocycles. The van der Waals surface area contributed by atoms with Gasteiger partial charge in [0.05, 0.1) is 5.57 Å². The van der Waals surface area contributed by atoms with E-state index in [-0.39, 0.29) is 24.2 Å². The zero-order chi connectivity index (χ0) is 7.14. The number of hydrogen-bond donors (Lipinski definition) is 1. The number of fused-ring (bicyclic) bond motifs is 1. The first-order chi connectivity index (χ1) is 4.79. The van der Waals surface area contributed by atoms with E-state index in [1.165, 1.54) is 12.4 Å². The molecule has 0 radical (unpaired) electrons. The summed E-state index contributed by atoms with van der Waals surface area (Å²) in [5.74, 6) is -0.988. The van der Waals surface area contributed by atoms with Crippen LogP contribution in [0, 0.1) is 5.92 Å². The molecule has 2 aliphatic heterocycles. The van der Waals surface area contributed by atoms with E-state index in [2.05, 4.69) is 10.3 Å². The summed E-state index contributed by atoms with van der Waals surface area (Å²) in [5, 5.41) is 2.18. The zero-order valence-corrected chi connectivity index (χ0v) is 6.22. The minimum absolute atomic E-state index is 0. The number of carbonyl (C=O) groups is 2. The number of imide groups is 1. The monoisotopic (exact) mass is 172 g/mol. The Labute approximate surface area is 68.8 Å². The van der Waals surface area contributed by atoms with Crippen LogP contribution in [-0.2, 0) is 9.59 Å². The van der Waals surface area contributed by atoms with Gasteiger partial charge in [0.2, 0.25) is 5.91 Å². The summed E-state index contributed by atoms with van der Waals surface area (Å²) >= 11 is 0. The summed E-state index contributed by atoms with van der Waals surface area (Å²) in [6.45, 7) is 0. The quantitative estimate of drug-likeness (QED) is 0.508. The highest BCUT2D eigenvalue weighted by Crippen LogP contribution is 2.20. The molecule has 58 valence electrons. The van der Waals surface area contributed by atoms with Crippen LogP contribution in [0.5, 0.6) is 0 Å². The van der Waals surface area contributed by atoms with Crippen molar-refractivity contribution in [2.75, 3.05) is 0 Å². The van der Waals surface area contributed by atoms with Gasteiger partial charge in [-0.2, -0.15) is 0 Å². The fourth-order valence-corrected chi connectivity index (χ4v) is 1.04. The highest BCUT2D eigenvalue weighted by atomic mass is 35.5. The number of amides is 2. The largest absolute Gasteiger partial charge is 0.292 e. The lowest BCUT2D eigenvalue weighted by atomic mass is 10.1. The average molecular weight is 173 g/mol. The standard InChI is InChI=1S/C6H4N2O2.ClH/c9-5-3-1-7-2-4(3)6(10)8-5;/h1-3H,(H,8,9,10);1H. The van der Waals surface area contributed by atoms with Crippen molar-refractivity contribution in [1.29, 1.82) is 0 Å². The molecule has 11 heavy (non-hydrogen) atoms. The van der Waals surface area contributed by atoms with Gasteiger partial charge in [0.15, 0.2) is 0 Å². The lowest BCUT2D eigenvalue weighted by molar-refractivity contribution is -0.124. The third-order valence-corrected chi connectivity index (χ3v) is 1.57. The minimum Gasteiger partial charge on any atom is -0.292 e. The number of halogens is 1. The molecule has 1 fully saturated rings. The number of nitrogens with zero attached hydrogens (tertiary/aromatic N) is 1. The second-order valence-electron chi connectivity index (χ2n) is 2.18. The van der Waals surface area contributed by atoms with Crippen molar-refractivity contribution >= 4 is 30.4 Å². The lowest BCUT2D eigenvalue weighted by Crippen LogP contribution is -2.22. The molecule has 2 amide bonds. The predicted octanol–water partition coefficient (Wildman–Crippen LogP) is -0.351. The van der Waals surface area contributed by atoms with E-state index in [1.54, 1.807) is 0 Å². The Bertz CT molecular complexity index is 282. The van der Waals surface area contributed by atoms with Gasteiger partial charge in [-0.25, -0.2) is 0 Å². The van der Waals surface area contributed by atoms with Crippen LogP contribution in [0.1, 0.15) is 0 Å². The van der Waals surface area contributed by atoms with E-state index in [4.69, 9.17) is 0 Å². The number of carbonyl (C=O) groups excluding carboxylic acids is 2. The number of aliphatic imine (C=N–C) groups is 1. The average Bonchev–Trinajstić information content (AvgIpc) is 2.39. The Balaban J connectivity index is 0.000000605. The third-order valence-electron chi connectivity index (χ3n) is 1.57. The summed E-state index contributed by atoms with van der Waals surface area (Å²) in [6.07, 6.45) is 2.89. The molecule has 2 heterocycles. The molecule has 4 nitrogen and oxygen atoms in total. The van der Waals surface area contributed by atoms with E-state index in [0.717, 1.165) is 0 Å². The van der Waals surface area contributed by atoms with Gasteiger partial charge in [0, 0.05) is 12.4 Å². The van der Waals surface area contributed by atoms with Crippen LogP contribution in [0.15, 0.2) is 16.8 Å². The van der Waals surface area contributed by atoms with Crippen molar-refractivity contribution in [3.8, 4) is 0 Å². The van der Waals surface area contributed by atoms with Crippen molar-refractivity contribution in [1.82, 2.24) is 5.32 Å². The van der Waals surface area contributed by atoms with Crippen LogP contribution in [0.25, 0.3) is 0 Å². The summed E-state index contributed by atoms with van der Waals surface area (Å²) < 4.78 is 0. The summed E-state index contributed by atoms with van der Waals surface area (Å²) in [5.41, 5.74) is 0.463. The Morgan fingerprint density at radius 3 is 2.82 bits per heavy atom. The van der Waals surface area contributed by atoms with E-state index >= 15 is 0 Å². The molecule has 2 rings (SSSR count). The molecule has 0 aromatic carbocycles. The lowest BCUT2D eigenvalue weighted by Gasteiger charge is -1.89. The van der Waals surface area contributed by atoms with Gasteiger partial charge < -0.3 is 0 Å². The molecule has 0 bridgehead atoms. The van der Waals surface area contributed by atoms with Crippen LogP contribution in [0.2, 0.25) is 0 Å². The van der Waals surface area contributed by atoms with Gasteiger partial charge in [-0.05, 0) is 0 Å². The number of hydrogen-bond acceptors (Lipinski definition) is 3. The van der Waals surface area contributed by atoms with Crippen molar-refractivity contribution in [3.63, 3.8) is 0 Å². The molecule has 0 spiro atoms. The van der Waals surface area contributed by atoms with Crippen LogP contribution in [0.3, 0.4) is 0 Å². The fraction of sp³-hybridized carbons (Fsp3) is 0.167. The first kappa shape index (κ1) is 7.94. The van der Waals surface area contributed by atoms with E-state index in [9.17, 15) is 9.59 Å². The molecule has 1 unspecified atom stereocenters. The molecule has 0 aromatic heterocycles. The summed E-state index contributed by atoms with van der Waals surface area (Å²) in [7, 11) is 0.